The number of hydrogen-bond donors (Lipinski definition) is 1. The average Bonchev–Trinajstić information content (AvgIpc) is 3.48. The number of amides is 1. The predicted molar refractivity (Wildman–Crippen MR) is 120 cm³/mol. The summed E-state index contributed by atoms with van der Waals surface area (Å²) in [6.07, 6.45) is 3.54. The summed E-state index contributed by atoms with van der Waals surface area (Å²) in [6.45, 7) is 0.583. The van der Waals surface area contributed by atoms with Crippen LogP contribution in [-0.4, -0.2) is 39.6 Å². The van der Waals surface area contributed by atoms with Gasteiger partial charge in [0.15, 0.2) is 11.7 Å². The number of halogens is 2. The molecule has 6 nitrogen and oxygen atoms in total. The van der Waals surface area contributed by atoms with Crippen molar-refractivity contribution in [3.05, 3.63) is 84.0 Å². The van der Waals surface area contributed by atoms with Gasteiger partial charge in [-0.2, -0.15) is 5.10 Å². The first-order valence-corrected chi connectivity index (χ1v) is 10.7. The van der Waals surface area contributed by atoms with Crippen molar-refractivity contribution in [2.45, 2.75) is 25.7 Å². The van der Waals surface area contributed by atoms with E-state index in [2.05, 4.69) is 15.2 Å². The topological polar surface area (TPSA) is 75.0 Å². The molecule has 2 aromatic heterocycles. The van der Waals surface area contributed by atoms with E-state index in [0.29, 0.717) is 42.3 Å². The van der Waals surface area contributed by atoms with E-state index in [1.54, 1.807) is 36.2 Å². The molecule has 1 amide bonds. The standard InChI is InChI=1S/C25H24F2N4O2/c1-31(13-5-8-19-15-22(30-29-19)17-6-4-7-18(26)14-17)25(32)12-11-24-28-16-23(33-24)20-9-2-3-10-21(20)27/h2-4,6-7,9-10,14-16H,5,8,11-13H2,1H3,(H,29,30). The van der Waals surface area contributed by atoms with Crippen molar-refractivity contribution in [2.24, 2.45) is 0 Å². The first-order chi connectivity index (χ1) is 16.0. The van der Waals surface area contributed by atoms with Gasteiger partial charge >= 0.3 is 0 Å². The minimum absolute atomic E-state index is 0.0225. The van der Waals surface area contributed by atoms with E-state index in [9.17, 15) is 13.6 Å². The van der Waals surface area contributed by atoms with Crippen molar-refractivity contribution < 1.29 is 18.0 Å². The van der Waals surface area contributed by atoms with Gasteiger partial charge in [0.05, 0.1) is 17.5 Å². The minimum Gasteiger partial charge on any atom is -0.441 e. The van der Waals surface area contributed by atoms with Gasteiger partial charge in [0, 0.05) is 37.7 Å². The number of carbonyl (C=O) groups is 1. The Morgan fingerprint density at radius 2 is 1.94 bits per heavy atom. The van der Waals surface area contributed by atoms with Crippen molar-refractivity contribution in [3.8, 4) is 22.6 Å². The van der Waals surface area contributed by atoms with Gasteiger partial charge in [-0.15, -0.1) is 0 Å². The molecule has 0 radical (unpaired) electrons. The zero-order valence-electron chi connectivity index (χ0n) is 18.2. The van der Waals surface area contributed by atoms with Crippen LogP contribution in [0.5, 0.6) is 0 Å². The summed E-state index contributed by atoms with van der Waals surface area (Å²) >= 11 is 0. The highest BCUT2D eigenvalue weighted by atomic mass is 19.1. The fourth-order valence-electron chi connectivity index (χ4n) is 3.53. The SMILES string of the molecule is CN(CCCc1cc(-c2cccc(F)c2)n[nH]1)C(=O)CCc1ncc(-c2ccccc2F)o1. The van der Waals surface area contributed by atoms with E-state index < -0.39 is 0 Å². The van der Waals surface area contributed by atoms with E-state index in [0.717, 1.165) is 17.7 Å². The molecule has 4 aromatic rings. The second-order valence-electron chi connectivity index (χ2n) is 7.81. The highest BCUT2D eigenvalue weighted by molar-refractivity contribution is 5.76. The van der Waals surface area contributed by atoms with Crippen LogP contribution in [0, 0.1) is 11.6 Å². The Labute approximate surface area is 190 Å². The highest BCUT2D eigenvalue weighted by Crippen LogP contribution is 2.24. The number of oxazole rings is 1. The third-order valence-electron chi connectivity index (χ3n) is 5.36. The van der Waals surface area contributed by atoms with Crippen molar-refractivity contribution in [1.82, 2.24) is 20.1 Å². The Hall–Kier alpha value is -3.81. The summed E-state index contributed by atoms with van der Waals surface area (Å²) in [5.74, 6) is 0.0471. The summed E-state index contributed by atoms with van der Waals surface area (Å²) in [4.78, 5) is 18.3. The minimum atomic E-state index is -0.378. The first kappa shape index (κ1) is 22.4. The molecule has 0 fully saturated rings. The molecule has 1 N–H and O–H groups in total. The Bertz CT molecular complexity index is 1230. The van der Waals surface area contributed by atoms with Crippen molar-refractivity contribution in [3.63, 3.8) is 0 Å². The van der Waals surface area contributed by atoms with E-state index >= 15 is 0 Å². The maximum Gasteiger partial charge on any atom is 0.222 e. The zero-order chi connectivity index (χ0) is 23.2. The summed E-state index contributed by atoms with van der Waals surface area (Å²) in [6, 6.07) is 14.5. The molecule has 0 atom stereocenters. The van der Waals surface area contributed by atoms with Crippen LogP contribution in [0.25, 0.3) is 22.6 Å². The molecule has 33 heavy (non-hydrogen) atoms. The lowest BCUT2D eigenvalue weighted by molar-refractivity contribution is -0.130. The maximum atomic E-state index is 13.9. The first-order valence-electron chi connectivity index (χ1n) is 10.7. The Balaban J connectivity index is 1.22. The van der Waals surface area contributed by atoms with Crippen LogP contribution in [0.15, 0.2) is 65.2 Å². The number of carbonyl (C=O) groups excluding carboxylic acids is 1. The molecule has 0 saturated heterocycles. The molecule has 4 rings (SSSR count). The van der Waals surface area contributed by atoms with E-state index in [-0.39, 0.29) is 24.0 Å². The lowest BCUT2D eigenvalue weighted by Crippen LogP contribution is -2.28. The maximum absolute atomic E-state index is 13.9. The number of aromatic amines is 1. The monoisotopic (exact) mass is 450 g/mol. The summed E-state index contributed by atoms with van der Waals surface area (Å²) in [5.41, 5.74) is 2.68. The molecule has 0 unspecified atom stereocenters. The number of benzene rings is 2. The van der Waals surface area contributed by atoms with Crippen LogP contribution in [0.2, 0.25) is 0 Å². The lowest BCUT2D eigenvalue weighted by Gasteiger charge is -2.16. The summed E-state index contributed by atoms with van der Waals surface area (Å²) in [5, 5.41) is 7.21. The molecule has 2 aromatic carbocycles. The Kier molecular flexibility index (Phi) is 6.92. The molecule has 8 heteroatoms. The van der Waals surface area contributed by atoms with Gasteiger partial charge in [0.1, 0.15) is 11.6 Å². The number of nitrogens with one attached hydrogen (secondary N) is 1. The summed E-state index contributed by atoms with van der Waals surface area (Å²) in [7, 11) is 1.76. The summed E-state index contributed by atoms with van der Waals surface area (Å²) < 4.78 is 32.9. The number of H-pyrrole nitrogens is 1. The van der Waals surface area contributed by atoms with Crippen LogP contribution >= 0.6 is 0 Å². The molecule has 0 aliphatic carbocycles. The van der Waals surface area contributed by atoms with Gasteiger partial charge in [-0.05, 0) is 43.2 Å². The van der Waals surface area contributed by atoms with Crippen molar-refractivity contribution >= 4 is 5.91 Å². The third kappa shape index (κ3) is 5.71. The van der Waals surface area contributed by atoms with E-state index in [1.807, 2.05) is 12.1 Å². The van der Waals surface area contributed by atoms with Gasteiger partial charge in [0.2, 0.25) is 5.91 Å². The number of aryl methyl sites for hydroxylation is 2. The van der Waals surface area contributed by atoms with E-state index in [1.165, 1.54) is 24.4 Å². The molecule has 0 bridgehead atoms. The van der Waals surface area contributed by atoms with Gasteiger partial charge in [-0.25, -0.2) is 13.8 Å². The molecular formula is C25H24F2N4O2. The van der Waals surface area contributed by atoms with Crippen molar-refractivity contribution in [2.75, 3.05) is 13.6 Å². The average molecular weight is 450 g/mol. The fraction of sp³-hybridized carbons (Fsp3) is 0.240. The van der Waals surface area contributed by atoms with Crippen LogP contribution in [-0.2, 0) is 17.6 Å². The molecule has 0 aliphatic rings. The predicted octanol–water partition coefficient (Wildman–Crippen LogP) is 5.03. The molecule has 0 spiro atoms. The second kappa shape index (κ2) is 10.2. The molecular weight excluding hydrogens is 426 g/mol. The Morgan fingerprint density at radius 3 is 2.76 bits per heavy atom. The molecule has 0 saturated carbocycles. The van der Waals surface area contributed by atoms with Crippen LogP contribution in [0.1, 0.15) is 24.4 Å². The van der Waals surface area contributed by atoms with Gasteiger partial charge in [0.25, 0.3) is 0 Å². The number of rotatable bonds is 9. The molecule has 170 valence electrons. The zero-order valence-corrected chi connectivity index (χ0v) is 18.2. The van der Waals surface area contributed by atoms with Gasteiger partial charge < -0.3 is 9.32 Å². The van der Waals surface area contributed by atoms with E-state index in [4.69, 9.17) is 4.42 Å². The van der Waals surface area contributed by atoms with Crippen LogP contribution in [0.4, 0.5) is 8.78 Å². The molecule has 2 heterocycles. The molecule has 0 aliphatic heterocycles. The Morgan fingerprint density at radius 1 is 1.09 bits per heavy atom. The second-order valence-corrected chi connectivity index (χ2v) is 7.81. The third-order valence-corrected chi connectivity index (χ3v) is 5.36. The number of hydrogen-bond acceptors (Lipinski definition) is 4. The van der Waals surface area contributed by atoms with Crippen LogP contribution in [0.3, 0.4) is 0 Å². The number of nitrogens with zero attached hydrogens (tertiary/aromatic N) is 3. The number of aromatic nitrogens is 3. The fourth-order valence-corrected chi connectivity index (χ4v) is 3.53. The quantitative estimate of drug-likeness (QED) is 0.388. The van der Waals surface area contributed by atoms with Gasteiger partial charge in [-0.1, -0.05) is 24.3 Å². The van der Waals surface area contributed by atoms with Crippen molar-refractivity contribution in [1.29, 1.82) is 0 Å². The highest BCUT2D eigenvalue weighted by Gasteiger charge is 2.14. The largest absolute Gasteiger partial charge is 0.441 e. The van der Waals surface area contributed by atoms with Crippen LogP contribution < -0.4 is 0 Å². The smallest absolute Gasteiger partial charge is 0.222 e. The normalized spacial score (nSPS) is 11.0. The lowest BCUT2D eigenvalue weighted by atomic mass is 10.1. The van der Waals surface area contributed by atoms with Gasteiger partial charge in [-0.3, -0.25) is 9.89 Å².